The third-order valence-corrected chi connectivity index (χ3v) is 2.86. The van der Waals surface area contributed by atoms with Crippen molar-refractivity contribution < 1.29 is 9.13 Å². The molecule has 2 aromatic carbocycles. The molecule has 0 bridgehead atoms. The molecule has 0 saturated heterocycles. The van der Waals surface area contributed by atoms with Gasteiger partial charge in [-0.25, -0.2) is 4.39 Å². The van der Waals surface area contributed by atoms with Crippen LogP contribution < -0.4 is 4.74 Å². The van der Waals surface area contributed by atoms with Crippen molar-refractivity contribution >= 4 is 11.6 Å². The van der Waals surface area contributed by atoms with Crippen LogP contribution in [0.2, 0.25) is 0 Å². The summed E-state index contributed by atoms with van der Waals surface area (Å²) in [7, 11) is 0. The number of hydrogen-bond acceptors (Lipinski definition) is 2. The van der Waals surface area contributed by atoms with Crippen LogP contribution in [0.1, 0.15) is 16.7 Å². The van der Waals surface area contributed by atoms with Crippen LogP contribution in [-0.4, -0.2) is 0 Å². The second kappa shape index (κ2) is 6.21. The molecule has 0 heterocycles. The molecule has 0 N–H and O–H groups in total. The van der Waals surface area contributed by atoms with Crippen LogP contribution in [0.4, 0.5) is 4.39 Å². The van der Waals surface area contributed by atoms with E-state index < -0.39 is 0 Å². The number of nitriles is 1. The maximum atomic E-state index is 13.3. The van der Waals surface area contributed by atoms with Crippen LogP contribution in [-0.2, 0) is 12.5 Å². The molecule has 2 nitrogen and oxygen atoms in total. The van der Waals surface area contributed by atoms with Crippen molar-refractivity contribution in [3.63, 3.8) is 0 Å². The molecule has 19 heavy (non-hydrogen) atoms. The third-order valence-electron chi connectivity index (χ3n) is 2.55. The number of rotatable bonds is 4. The van der Waals surface area contributed by atoms with Crippen molar-refractivity contribution in [2.45, 2.75) is 12.5 Å². The van der Waals surface area contributed by atoms with Crippen LogP contribution in [0.3, 0.4) is 0 Å². The Morgan fingerprint density at radius 1 is 1.16 bits per heavy atom. The van der Waals surface area contributed by atoms with Gasteiger partial charge >= 0.3 is 0 Å². The van der Waals surface area contributed by atoms with E-state index in [0.29, 0.717) is 16.9 Å². The molecule has 0 atom stereocenters. The van der Waals surface area contributed by atoms with E-state index in [4.69, 9.17) is 21.6 Å². The lowest BCUT2D eigenvalue weighted by molar-refractivity contribution is 0.304. The van der Waals surface area contributed by atoms with Gasteiger partial charge in [-0.15, -0.1) is 11.6 Å². The average molecular weight is 276 g/mol. The molecule has 96 valence electrons. The van der Waals surface area contributed by atoms with Crippen molar-refractivity contribution in [3.8, 4) is 11.8 Å². The Morgan fingerprint density at radius 3 is 2.74 bits per heavy atom. The predicted octanol–water partition coefficient (Wildman–Crippen LogP) is 4.02. The summed E-state index contributed by atoms with van der Waals surface area (Å²) in [6.07, 6.45) is 0. The lowest BCUT2D eigenvalue weighted by Crippen LogP contribution is -1.97. The van der Waals surface area contributed by atoms with Gasteiger partial charge in [0, 0.05) is 11.9 Å². The van der Waals surface area contributed by atoms with Crippen LogP contribution in [0, 0.1) is 17.1 Å². The Morgan fingerprint density at radius 2 is 2.00 bits per heavy atom. The fourth-order valence-electron chi connectivity index (χ4n) is 1.68. The maximum Gasteiger partial charge on any atom is 0.127 e. The molecule has 0 aliphatic heterocycles. The molecular weight excluding hydrogens is 265 g/mol. The largest absolute Gasteiger partial charge is 0.489 e. The van der Waals surface area contributed by atoms with Gasteiger partial charge < -0.3 is 4.74 Å². The molecule has 0 radical (unpaired) electrons. The molecule has 2 rings (SSSR count). The van der Waals surface area contributed by atoms with E-state index in [1.165, 1.54) is 12.1 Å². The van der Waals surface area contributed by atoms with E-state index in [-0.39, 0.29) is 18.3 Å². The zero-order valence-electron chi connectivity index (χ0n) is 10.1. The number of hydrogen-bond donors (Lipinski definition) is 0. The van der Waals surface area contributed by atoms with Crippen LogP contribution in [0.15, 0.2) is 42.5 Å². The Balaban J connectivity index is 2.10. The second-order valence-electron chi connectivity index (χ2n) is 4.03. The first-order valence-electron chi connectivity index (χ1n) is 5.68. The van der Waals surface area contributed by atoms with Gasteiger partial charge in [0.2, 0.25) is 0 Å². The van der Waals surface area contributed by atoms with Crippen molar-refractivity contribution in [3.05, 3.63) is 65.0 Å². The highest BCUT2D eigenvalue weighted by molar-refractivity contribution is 6.17. The number of benzene rings is 2. The first-order chi connectivity index (χ1) is 9.21. The lowest BCUT2D eigenvalue weighted by Gasteiger charge is -2.08. The minimum Gasteiger partial charge on any atom is -0.489 e. The topological polar surface area (TPSA) is 33.0 Å². The van der Waals surface area contributed by atoms with E-state index in [1.54, 1.807) is 24.3 Å². The van der Waals surface area contributed by atoms with E-state index in [1.807, 2.05) is 6.07 Å². The quantitative estimate of drug-likeness (QED) is 0.790. The highest BCUT2D eigenvalue weighted by Gasteiger charge is 2.02. The van der Waals surface area contributed by atoms with Crippen LogP contribution >= 0.6 is 11.6 Å². The molecule has 0 aliphatic rings. The van der Waals surface area contributed by atoms with Gasteiger partial charge in [-0.05, 0) is 35.4 Å². The van der Waals surface area contributed by atoms with E-state index in [9.17, 15) is 4.39 Å². The standard InChI is InChI=1S/C15H11ClFNO/c16-8-13-5-14(17)7-15(6-13)19-10-12-3-1-2-11(4-12)9-18/h1-7H,8,10H2. The molecule has 0 unspecified atom stereocenters. The van der Waals surface area contributed by atoms with Gasteiger partial charge in [0.05, 0.1) is 11.6 Å². The molecule has 0 aromatic heterocycles. The monoisotopic (exact) mass is 275 g/mol. The molecule has 2 aromatic rings. The highest BCUT2D eigenvalue weighted by atomic mass is 35.5. The van der Waals surface area contributed by atoms with Gasteiger partial charge in [-0.1, -0.05) is 12.1 Å². The second-order valence-corrected chi connectivity index (χ2v) is 4.30. The molecular formula is C15H11ClFNO. The number of nitrogens with zero attached hydrogens (tertiary/aromatic N) is 1. The SMILES string of the molecule is N#Cc1cccc(COc2cc(F)cc(CCl)c2)c1. The average Bonchev–Trinajstić information content (AvgIpc) is 2.44. The zero-order valence-corrected chi connectivity index (χ0v) is 10.8. The maximum absolute atomic E-state index is 13.3. The van der Waals surface area contributed by atoms with E-state index in [2.05, 4.69) is 6.07 Å². The van der Waals surface area contributed by atoms with Crippen molar-refractivity contribution in [2.24, 2.45) is 0 Å². The summed E-state index contributed by atoms with van der Waals surface area (Å²) in [5, 5.41) is 8.80. The van der Waals surface area contributed by atoms with Crippen LogP contribution in [0.5, 0.6) is 5.75 Å². The summed E-state index contributed by atoms with van der Waals surface area (Å²) >= 11 is 5.67. The Bertz CT molecular complexity index is 622. The minimum atomic E-state index is -0.376. The molecule has 0 amide bonds. The molecule has 0 saturated carbocycles. The summed E-state index contributed by atoms with van der Waals surface area (Å²) < 4.78 is 18.8. The normalized spacial score (nSPS) is 9.95. The van der Waals surface area contributed by atoms with Crippen molar-refractivity contribution in [1.29, 1.82) is 5.26 Å². The number of alkyl halides is 1. The fraction of sp³-hybridized carbons (Fsp3) is 0.133. The number of ether oxygens (including phenoxy) is 1. The summed E-state index contributed by atoms with van der Waals surface area (Å²) in [6.45, 7) is 0.278. The number of halogens is 2. The minimum absolute atomic E-state index is 0.234. The molecule has 4 heteroatoms. The van der Waals surface area contributed by atoms with Gasteiger partial charge in [-0.2, -0.15) is 5.26 Å². The zero-order chi connectivity index (χ0) is 13.7. The van der Waals surface area contributed by atoms with Gasteiger partial charge in [0.15, 0.2) is 0 Å². The highest BCUT2D eigenvalue weighted by Crippen LogP contribution is 2.19. The van der Waals surface area contributed by atoms with Gasteiger partial charge in [0.1, 0.15) is 18.2 Å². The lowest BCUT2D eigenvalue weighted by atomic mass is 10.1. The van der Waals surface area contributed by atoms with Crippen molar-refractivity contribution in [2.75, 3.05) is 0 Å². The van der Waals surface area contributed by atoms with Gasteiger partial charge in [0.25, 0.3) is 0 Å². The predicted molar refractivity (Wildman–Crippen MR) is 71.4 cm³/mol. The molecule has 0 aliphatic carbocycles. The van der Waals surface area contributed by atoms with Crippen molar-refractivity contribution in [1.82, 2.24) is 0 Å². The third kappa shape index (κ3) is 3.70. The molecule has 0 fully saturated rings. The Labute approximate surface area is 116 Å². The fourth-order valence-corrected chi connectivity index (χ4v) is 1.83. The van der Waals surface area contributed by atoms with Gasteiger partial charge in [-0.3, -0.25) is 0 Å². The van der Waals surface area contributed by atoms with E-state index >= 15 is 0 Å². The molecule has 0 spiro atoms. The first kappa shape index (κ1) is 13.4. The van der Waals surface area contributed by atoms with Crippen LogP contribution in [0.25, 0.3) is 0 Å². The smallest absolute Gasteiger partial charge is 0.127 e. The Kier molecular flexibility index (Phi) is 4.38. The Hall–Kier alpha value is -2.05. The summed E-state index contributed by atoms with van der Waals surface area (Å²) in [6, 6.07) is 13.5. The summed E-state index contributed by atoms with van der Waals surface area (Å²) in [5.41, 5.74) is 2.10. The first-order valence-corrected chi connectivity index (χ1v) is 6.22. The van der Waals surface area contributed by atoms with E-state index in [0.717, 1.165) is 5.56 Å². The summed E-state index contributed by atoms with van der Waals surface area (Å²) in [5.74, 6) is 0.287. The summed E-state index contributed by atoms with van der Waals surface area (Å²) in [4.78, 5) is 0.